The number of hydrogen-bond donors (Lipinski definition) is 1. The lowest BCUT2D eigenvalue weighted by molar-refractivity contribution is -0.136. The highest BCUT2D eigenvalue weighted by atomic mass is 32.1. The minimum Gasteiger partial charge on any atom is -0.341 e. The largest absolute Gasteiger partial charge is 0.341 e. The van der Waals surface area contributed by atoms with Crippen LogP contribution in [0, 0.1) is 6.92 Å². The lowest BCUT2D eigenvalue weighted by Crippen LogP contribution is -2.40. The van der Waals surface area contributed by atoms with Crippen molar-refractivity contribution in [3.05, 3.63) is 57.8 Å². The molecule has 0 saturated heterocycles. The van der Waals surface area contributed by atoms with Gasteiger partial charge in [-0.1, -0.05) is 37.3 Å². The summed E-state index contributed by atoms with van der Waals surface area (Å²) in [7, 11) is 1.77. The number of thiophene rings is 1. The summed E-state index contributed by atoms with van der Waals surface area (Å²) in [6.45, 7) is 4.37. The molecule has 5 heteroatoms. The molecule has 2 amide bonds. The Morgan fingerprint density at radius 3 is 2.48 bits per heavy atom. The highest BCUT2D eigenvalue weighted by Crippen LogP contribution is 2.20. The minimum atomic E-state index is -0.645. The number of nitrogens with zero attached hydrogens (tertiary/aromatic N) is 1. The van der Waals surface area contributed by atoms with Crippen molar-refractivity contribution in [2.75, 3.05) is 7.05 Å². The minimum absolute atomic E-state index is 0.106. The first-order valence-electron chi connectivity index (χ1n) is 7.65. The maximum atomic E-state index is 12.8. The van der Waals surface area contributed by atoms with Crippen LogP contribution in [0.2, 0.25) is 0 Å². The zero-order valence-electron chi connectivity index (χ0n) is 13.7. The molecule has 122 valence electrons. The average molecular weight is 330 g/mol. The van der Waals surface area contributed by atoms with Gasteiger partial charge in [-0.2, -0.15) is 0 Å². The molecule has 1 N–H and O–H groups in total. The Labute approximate surface area is 141 Å². The maximum absolute atomic E-state index is 12.8. The number of carbonyl (C=O) groups is 2. The van der Waals surface area contributed by atoms with Crippen LogP contribution in [0.3, 0.4) is 0 Å². The molecule has 1 heterocycles. The first-order chi connectivity index (χ1) is 11.0. The fraction of sp³-hybridized carbons (Fsp3) is 0.333. The standard InChI is InChI=1S/C18H22N2O2S/c1-4-16(21)19-17(14-8-6-5-7-9-14)18(22)20(3)12-15-13(2)10-11-23-15/h5-11,17H,4,12H2,1-3H3,(H,19,21)/t17-/m0/s1. The average Bonchev–Trinajstić information content (AvgIpc) is 2.97. The lowest BCUT2D eigenvalue weighted by atomic mass is 10.1. The monoisotopic (exact) mass is 330 g/mol. The van der Waals surface area contributed by atoms with Gasteiger partial charge < -0.3 is 10.2 Å². The van der Waals surface area contributed by atoms with E-state index in [2.05, 4.69) is 5.32 Å². The zero-order valence-corrected chi connectivity index (χ0v) is 14.5. The molecule has 0 radical (unpaired) electrons. The summed E-state index contributed by atoms with van der Waals surface area (Å²) in [5, 5.41) is 4.86. The molecule has 2 aromatic rings. The molecule has 2 rings (SSSR count). The van der Waals surface area contributed by atoms with E-state index in [1.165, 1.54) is 5.56 Å². The summed E-state index contributed by atoms with van der Waals surface area (Å²) in [5.74, 6) is -0.237. The van der Waals surface area contributed by atoms with Gasteiger partial charge in [0.1, 0.15) is 6.04 Å². The summed E-state index contributed by atoms with van der Waals surface area (Å²) in [6, 6.07) is 10.8. The summed E-state index contributed by atoms with van der Waals surface area (Å²) < 4.78 is 0. The Hall–Kier alpha value is -2.14. The van der Waals surface area contributed by atoms with E-state index in [-0.39, 0.29) is 11.8 Å². The highest BCUT2D eigenvalue weighted by Gasteiger charge is 2.25. The number of carbonyl (C=O) groups excluding carboxylic acids is 2. The van der Waals surface area contributed by atoms with Crippen LogP contribution in [0.25, 0.3) is 0 Å². The van der Waals surface area contributed by atoms with E-state index in [1.807, 2.05) is 48.7 Å². The van der Waals surface area contributed by atoms with Crippen LogP contribution in [0.1, 0.15) is 35.4 Å². The number of nitrogens with one attached hydrogen (secondary N) is 1. The fourth-order valence-corrected chi connectivity index (χ4v) is 3.23. The smallest absolute Gasteiger partial charge is 0.249 e. The molecule has 0 spiro atoms. The molecule has 1 atom stereocenters. The molecular weight excluding hydrogens is 308 g/mol. The van der Waals surface area contributed by atoms with Crippen molar-refractivity contribution in [3.63, 3.8) is 0 Å². The SMILES string of the molecule is CCC(=O)N[C@H](C(=O)N(C)Cc1sccc1C)c1ccccc1. The van der Waals surface area contributed by atoms with Crippen LogP contribution in [0.5, 0.6) is 0 Å². The summed E-state index contributed by atoms with van der Waals surface area (Å²) in [6.07, 6.45) is 0.352. The van der Waals surface area contributed by atoms with E-state index in [1.54, 1.807) is 30.2 Å². The molecule has 0 aliphatic heterocycles. The van der Waals surface area contributed by atoms with Gasteiger partial charge in [-0.25, -0.2) is 0 Å². The van der Waals surface area contributed by atoms with Crippen LogP contribution in [-0.4, -0.2) is 23.8 Å². The van der Waals surface area contributed by atoms with Crippen LogP contribution >= 0.6 is 11.3 Å². The number of aryl methyl sites for hydroxylation is 1. The quantitative estimate of drug-likeness (QED) is 0.883. The number of amides is 2. The molecule has 4 nitrogen and oxygen atoms in total. The highest BCUT2D eigenvalue weighted by molar-refractivity contribution is 7.10. The predicted molar refractivity (Wildman–Crippen MR) is 93.1 cm³/mol. The Bertz CT molecular complexity index is 667. The van der Waals surface area contributed by atoms with Crippen LogP contribution in [0.4, 0.5) is 0 Å². The first-order valence-corrected chi connectivity index (χ1v) is 8.53. The second-order valence-electron chi connectivity index (χ2n) is 5.49. The molecule has 0 aliphatic rings. The molecule has 23 heavy (non-hydrogen) atoms. The first kappa shape index (κ1) is 17.2. The third-order valence-corrected chi connectivity index (χ3v) is 4.74. The molecule has 0 fully saturated rings. The third-order valence-electron chi connectivity index (χ3n) is 3.73. The number of likely N-dealkylation sites (N-methyl/N-ethyl adjacent to an activating group) is 1. The van der Waals surface area contributed by atoms with Crippen molar-refractivity contribution in [1.82, 2.24) is 10.2 Å². The van der Waals surface area contributed by atoms with Crippen molar-refractivity contribution < 1.29 is 9.59 Å². The molecular formula is C18H22N2O2S. The van der Waals surface area contributed by atoms with Gasteiger partial charge in [0.25, 0.3) is 0 Å². The van der Waals surface area contributed by atoms with Crippen molar-refractivity contribution in [1.29, 1.82) is 0 Å². The van der Waals surface area contributed by atoms with E-state index in [0.717, 1.165) is 10.4 Å². The van der Waals surface area contributed by atoms with Crippen molar-refractivity contribution in [2.45, 2.75) is 32.9 Å². The molecule has 0 unspecified atom stereocenters. The van der Waals surface area contributed by atoms with Gasteiger partial charge in [-0.3, -0.25) is 9.59 Å². The van der Waals surface area contributed by atoms with E-state index >= 15 is 0 Å². The van der Waals surface area contributed by atoms with Crippen molar-refractivity contribution in [2.24, 2.45) is 0 Å². The van der Waals surface area contributed by atoms with Crippen LogP contribution < -0.4 is 5.32 Å². The Morgan fingerprint density at radius 1 is 1.22 bits per heavy atom. The Kier molecular flexibility index (Phi) is 5.93. The van der Waals surface area contributed by atoms with Gasteiger partial charge in [0.05, 0.1) is 6.54 Å². The van der Waals surface area contributed by atoms with Crippen LogP contribution in [0.15, 0.2) is 41.8 Å². The molecule has 0 saturated carbocycles. The number of hydrogen-bond acceptors (Lipinski definition) is 3. The third kappa shape index (κ3) is 4.42. The molecule has 0 aliphatic carbocycles. The van der Waals surface area contributed by atoms with Crippen molar-refractivity contribution in [3.8, 4) is 0 Å². The van der Waals surface area contributed by atoms with Crippen LogP contribution in [-0.2, 0) is 16.1 Å². The molecule has 0 bridgehead atoms. The lowest BCUT2D eigenvalue weighted by Gasteiger charge is -2.25. The van der Waals surface area contributed by atoms with Gasteiger partial charge in [-0.15, -0.1) is 11.3 Å². The van der Waals surface area contributed by atoms with E-state index in [9.17, 15) is 9.59 Å². The predicted octanol–water partition coefficient (Wildman–Crippen LogP) is 3.28. The van der Waals surface area contributed by atoms with E-state index in [4.69, 9.17) is 0 Å². The second-order valence-corrected chi connectivity index (χ2v) is 6.49. The summed E-state index contributed by atoms with van der Waals surface area (Å²) in [4.78, 5) is 27.5. The normalized spacial score (nSPS) is 11.8. The Morgan fingerprint density at radius 2 is 1.91 bits per heavy atom. The topological polar surface area (TPSA) is 49.4 Å². The molecule has 1 aromatic heterocycles. The Balaban J connectivity index is 2.18. The van der Waals surface area contributed by atoms with Gasteiger partial charge in [0.2, 0.25) is 11.8 Å². The van der Waals surface area contributed by atoms with Gasteiger partial charge in [0.15, 0.2) is 0 Å². The molecule has 1 aromatic carbocycles. The van der Waals surface area contributed by atoms with E-state index < -0.39 is 6.04 Å². The second kappa shape index (κ2) is 7.92. The van der Waals surface area contributed by atoms with E-state index in [0.29, 0.717) is 13.0 Å². The fourth-order valence-electron chi connectivity index (χ4n) is 2.28. The maximum Gasteiger partial charge on any atom is 0.249 e. The summed E-state index contributed by atoms with van der Waals surface area (Å²) >= 11 is 1.64. The van der Waals surface area contributed by atoms with Gasteiger partial charge in [0, 0.05) is 18.3 Å². The van der Waals surface area contributed by atoms with Gasteiger partial charge >= 0.3 is 0 Å². The summed E-state index contributed by atoms with van der Waals surface area (Å²) in [5.41, 5.74) is 1.98. The zero-order chi connectivity index (χ0) is 16.8. The number of benzene rings is 1. The van der Waals surface area contributed by atoms with Crippen molar-refractivity contribution >= 4 is 23.2 Å². The van der Waals surface area contributed by atoms with Gasteiger partial charge in [-0.05, 0) is 29.5 Å². The number of rotatable bonds is 6.